The average Bonchev–Trinajstić information content (AvgIpc) is 2.26. The number of allylic oxidation sites excluding steroid dienone is 1. The van der Waals surface area contributed by atoms with Crippen molar-refractivity contribution < 1.29 is 9.53 Å². The molecule has 1 aliphatic heterocycles. The molecule has 0 bridgehead atoms. The van der Waals surface area contributed by atoms with E-state index in [1.807, 2.05) is 6.92 Å². The van der Waals surface area contributed by atoms with E-state index in [4.69, 9.17) is 4.74 Å². The maximum absolute atomic E-state index is 11.5. The van der Waals surface area contributed by atoms with E-state index in [2.05, 4.69) is 12.2 Å². The molecular formula is C10H18N2O2. The van der Waals surface area contributed by atoms with Crippen molar-refractivity contribution in [2.24, 2.45) is 0 Å². The molecule has 0 radical (unpaired) electrons. The van der Waals surface area contributed by atoms with Crippen molar-refractivity contribution in [2.45, 2.75) is 20.3 Å². The zero-order valence-electron chi connectivity index (χ0n) is 8.88. The van der Waals surface area contributed by atoms with Crippen LogP contribution in [0.25, 0.3) is 0 Å². The lowest BCUT2D eigenvalue weighted by atomic mass is 10.3. The highest BCUT2D eigenvalue weighted by atomic mass is 16.5. The predicted molar refractivity (Wildman–Crippen MR) is 55.0 cm³/mol. The van der Waals surface area contributed by atoms with Gasteiger partial charge in [0, 0.05) is 19.3 Å². The third-order valence-corrected chi connectivity index (χ3v) is 2.30. The van der Waals surface area contributed by atoms with Gasteiger partial charge in [-0.15, -0.1) is 0 Å². The third kappa shape index (κ3) is 3.38. The summed E-state index contributed by atoms with van der Waals surface area (Å²) >= 11 is 0. The lowest BCUT2D eigenvalue weighted by molar-refractivity contribution is 0.0540. The van der Waals surface area contributed by atoms with Crippen molar-refractivity contribution in [3.63, 3.8) is 0 Å². The molecule has 1 heterocycles. The quantitative estimate of drug-likeness (QED) is 0.727. The number of rotatable bonds is 2. The van der Waals surface area contributed by atoms with Crippen LogP contribution >= 0.6 is 0 Å². The monoisotopic (exact) mass is 198 g/mol. The largest absolute Gasteiger partial charge is 0.378 e. The summed E-state index contributed by atoms with van der Waals surface area (Å²) in [6.45, 7) is 6.72. The number of ether oxygens (including phenoxy) is 1. The van der Waals surface area contributed by atoms with Crippen LogP contribution in [0.4, 0.5) is 4.79 Å². The zero-order chi connectivity index (χ0) is 10.4. The topological polar surface area (TPSA) is 41.6 Å². The molecule has 14 heavy (non-hydrogen) atoms. The van der Waals surface area contributed by atoms with Crippen LogP contribution in [0.1, 0.15) is 20.3 Å². The second-order valence-corrected chi connectivity index (χ2v) is 3.39. The van der Waals surface area contributed by atoms with Gasteiger partial charge in [0.1, 0.15) is 0 Å². The highest BCUT2D eigenvalue weighted by Gasteiger charge is 2.15. The number of morpholine rings is 1. The van der Waals surface area contributed by atoms with Gasteiger partial charge in [-0.25, -0.2) is 4.79 Å². The molecule has 4 nitrogen and oxygen atoms in total. The fourth-order valence-corrected chi connectivity index (χ4v) is 1.14. The van der Waals surface area contributed by atoms with Crippen molar-refractivity contribution in [3.05, 3.63) is 11.8 Å². The maximum atomic E-state index is 11.5. The number of hydrogen-bond donors (Lipinski definition) is 1. The Kier molecular flexibility index (Phi) is 4.46. The first-order valence-corrected chi connectivity index (χ1v) is 5.03. The van der Waals surface area contributed by atoms with E-state index in [0.717, 1.165) is 6.42 Å². The minimum Gasteiger partial charge on any atom is -0.378 e. The van der Waals surface area contributed by atoms with Crippen molar-refractivity contribution in [1.82, 2.24) is 10.2 Å². The number of nitrogens with zero attached hydrogens (tertiary/aromatic N) is 1. The molecule has 0 unspecified atom stereocenters. The van der Waals surface area contributed by atoms with Gasteiger partial charge in [0.2, 0.25) is 0 Å². The summed E-state index contributed by atoms with van der Waals surface area (Å²) in [6, 6.07) is -0.0268. The second-order valence-electron chi connectivity index (χ2n) is 3.39. The zero-order valence-corrected chi connectivity index (χ0v) is 8.88. The van der Waals surface area contributed by atoms with Gasteiger partial charge >= 0.3 is 6.03 Å². The lowest BCUT2D eigenvalue weighted by Crippen LogP contribution is -2.44. The Bertz CT molecular complexity index is 220. The van der Waals surface area contributed by atoms with Crippen molar-refractivity contribution in [2.75, 3.05) is 26.3 Å². The van der Waals surface area contributed by atoms with Gasteiger partial charge < -0.3 is 15.0 Å². The highest BCUT2D eigenvalue weighted by Crippen LogP contribution is 1.99. The molecule has 0 saturated carbocycles. The molecule has 0 atom stereocenters. The van der Waals surface area contributed by atoms with Gasteiger partial charge in [0.15, 0.2) is 0 Å². The number of hydrogen-bond acceptors (Lipinski definition) is 2. The fourth-order valence-electron chi connectivity index (χ4n) is 1.14. The van der Waals surface area contributed by atoms with Crippen molar-refractivity contribution in [3.8, 4) is 0 Å². The molecule has 0 aromatic heterocycles. The molecule has 2 amide bonds. The molecule has 4 heteroatoms. The van der Waals surface area contributed by atoms with E-state index in [1.54, 1.807) is 11.1 Å². The van der Waals surface area contributed by atoms with Crippen LogP contribution in [0.2, 0.25) is 0 Å². The van der Waals surface area contributed by atoms with Crippen LogP contribution in [-0.2, 0) is 4.74 Å². The molecule has 1 aliphatic rings. The summed E-state index contributed by atoms with van der Waals surface area (Å²) in [6.07, 6.45) is 2.74. The Labute approximate surface area is 84.9 Å². The van der Waals surface area contributed by atoms with Gasteiger partial charge in [-0.3, -0.25) is 0 Å². The van der Waals surface area contributed by atoms with E-state index >= 15 is 0 Å². The van der Waals surface area contributed by atoms with Gasteiger partial charge in [-0.05, 0) is 13.3 Å². The standard InChI is InChI=1S/C10H18N2O2/c1-3-9(2)8-11-10(13)12-4-6-14-7-5-12/h8H,3-7H2,1-2H3,(H,11,13)/b9-8+. The normalized spacial score (nSPS) is 18.1. The summed E-state index contributed by atoms with van der Waals surface area (Å²) in [4.78, 5) is 13.3. The first-order valence-electron chi connectivity index (χ1n) is 5.03. The Morgan fingerprint density at radius 3 is 2.71 bits per heavy atom. The number of nitrogens with one attached hydrogen (secondary N) is 1. The minimum atomic E-state index is -0.0268. The van der Waals surface area contributed by atoms with E-state index < -0.39 is 0 Å². The SMILES string of the molecule is CC/C(C)=C/NC(=O)N1CCOCC1. The van der Waals surface area contributed by atoms with Crippen LogP contribution in [0.3, 0.4) is 0 Å². The smallest absolute Gasteiger partial charge is 0.321 e. The fraction of sp³-hybridized carbons (Fsp3) is 0.700. The van der Waals surface area contributed by atoms with E-state index in [0.29, 0.717) is 26.3 Å². The van der Waals surface area contributed by atoms with Gasteiger partial charge in [-0.2, -0.15) is 0 Å². The van der Waals surface area contributed by atoms with E-state index in [9.17, 15) is 4.79 Å². The second kappa shape index (κ2) is 5.65. The van der Waals surface area contributed by atoms with Gasteiger partial charge in [-0.1, -0.05) is 12.5 Å². The molecule has 80 valence electrons. The number of amides is 2. The highest BCUT2D eigenvalue weighted by molar-refractivity contribution is 5.75. The van der Waals surface area contributed by atoms with Crippen LogP contribution in [-0.4, -0.2) is 37.2 Å². The summed E-state index contributed by atoms with van der Waals surface area (Å²) in [5, 5.41) is 2.77. The van der Waals surface area contributed by atoms with Crippen LogP contribution in [0.5, 0.6) is 0 Å². The first-order chi connectivity index (χ1) is 6.74. The van der Waals surface area contributed by atoms with Crippen molar-refractivity contribution >= 4 is 6.03 Å². The molecule has 1 fully saturated rings. The molecule has 0 spiro atoms. The third-order valence-electron chi connectivity index (χ3n) is 2.30. The van der Waals surface area contributed by atoms with Crippen LogP contribution < -0.4 is 5.32 Å². The van der Waals surface area contributed by atoms with E-state index in [1.165, 1.54) is 5.57 Å². The summed E-state index contributed by atoms with van der Waals surface area (Å²) in [5.74, 6) is 0. The summed E-state index contributed by atoms with van der Waals surface area (Å²) in [5.41, 5.74) is 1.17. The Morgan fingerprint density at radius 1 is 1.50 bits per heavy atom. The Hall–Kier alpha value is -1.03. The Morgan fingerprint density at radius 2 is 2.14 bits per heavy atom. The number of carbonyl (C=O) groups is 1. The summed E-state index contributed by atoms with van der Waals surface area (Å²) < 4.78 is 5.16. The first kappa shape index (κ1) is 11.0. The molecule has 0 aromatic carbocycles. The maximum Gasteiger partial charge on any atom is 0.321 e. The van der Waals surface area contributed by atoms with Crippen LogP contribution in [0.15, 0.2) is 11.8 Å². The summed E-state index contributed by atoms with van der Waals surface area (Å²) in [7, 11) is 0. The molecule has 1 rings (SSSR count). The van der Waals surface area contributed by atoms with Crippen LogP contribution in [0, 0.1) is 0 Å². The number of carbonyl (C=O) groups excluding carboxylic acids is 1. The minimum absolute atomic E-state index is 0.0268. The van der Waals surface area contributed by atoms with Gasteiger partial charge in [0.25, 0.3) is 0 Å². The van der Waals surface area contributed by atoms with Crippen molar-refractivity contribution in [1.29, 1.82) is 0 Å². The molecule has 0 aliphatic carbocycles. The predicted octanol–water partition coefficient (Wildman–Crippen LogP) is 1.34. The Balaban J connectivity index is 2.33. The molecule has 1 saturated heterocycles. The van der Waals surface area contributed by atoms with E-state index in [-0.39, 0.29) is 6.03 Å². The average molecular weight is 198 g/mol. The lowest BCUT2D eigenvalue weighted by Gasteiger charge is -2.26. The molecular weight excluding hydrogens is 180 g/mol. The van der Waals surface area contributed by atoms with Gasteiger partial charge in [0.05, 0.1) is 13.2 Å². The molecule has 0 aromatic rings. The molecule has 1 N–H and O–H groups in total. The number of urea groups is 1.